The van der Waals surface area contributed by atoms with E-state index >= 15 is 0 Å². The van der Waals surface area contributed by atoms with E-state index in [0.717, 1.165) is 3.57 Å². The third-order valence-electron chi connectivity index (χ3n) is 4.08. The fourth-order valence-electron chi connectivity index (χ4n) is 2.53. The van der Waals surface area contributed by atoms with E-state index in [0.29, 0.717) is 22.8 Å². The molecule has 8 nitrogen and oxygen atoms in total. The van der Waals surface area contributed by atoms with Crippen molar-refractivity contribution >= 4 is 61.5 Å². The molecule has 0 aliphatic rings. The number of hydrogen-bond acceptors (Lipinski definition) is 6. The van der Waals surface area contributed by atoms with Gasteiger partial charge in [0.05, 0.1) is 28.4 Å². The summed E-state index contributed by atoms with van der Waals surface area (Å²) in [5.41, 5.74) is 0.956. The summed E-state index contributed by atoms with van der Waals surface area (Å²) in [5.74, 6) is 0.806. The lowest BCUT2D eigenvalue weighted by atomic mass is 10.2. The van der Waals surface area contributed by atoms with Gasteiger partial charge in [-0.1, -0.05) is 0 Å². The predicted molar refractivity (Wildman–Crippen MR) is 129 cm³/mol. The number of ether oxygens (including phenoxy) is 1. The Balaban J connectivity index is 1.58. The zero-order chi connectivity index (χ0) is 22.4. The van der Waals surface area contributed by atoms with Gasteiger partial charge < -0.3 is 14.5 Å². The number of carbonyl (C=O) groups excluding carboxylic acids is 1. The normalized spacial score (nSPS) is 11.0. The van der Waals surface area contributed by atoms with Crippen molar-refractivity contribution < 1.29 is 22.4 Å². The summed E-state index contributed by atoms with van der Waals surface area (Å²) in [5, 5.41) is 5.53. The van der Waals surface area contributed by atoms with Crippen molar-refractivity contribution in [1.82, 2.24) is 10.0 Å². The summed E-state index contributed by atoms with van der Waals surface area (Å²) in [7, 11) is -2.14. The van der Waals surface area contributed by atoms with Crippen molar-refractivity contribution in [2.24, 2.45) is 0 Å². The number of nitrogens with one attached hydrogen (secondary N) is 3. The molecule has 0 aliphatic carbocycles. The molecule has 3 N–H and O–H groups in total. The van der Waals surface area contributed by atoms with Gasteiger partial charge >= 0.3 is 0 Å². The quantitative estimate of drug-likeness (QED) is 0.294. The third kappa shape index (κ3) is 6.26. The Hall–Kier alpha value is -2.48. The summed E-state index contributed by atoms with van der Waals surface area (Å²) < 4.78 is 38.3. The van der Waals surface area contributed by atoms with Crippen LogP contribution in [0.4, 0.5) is 5.69 Å². The van der Waals surface area contributed by atoms with Gasteiger partial charge in [-0.25, -0.2) is 13.1 Å². The molecule has 0 bridgehead atoms. The molecule has 0 unspecified atom stereocenters. The van der Waals surface area contributed by atoms with E-state index in [4.69, 9.17) is 21.4 Å². The van der Waals surface area contributed by atoms with Crippen LogP contribution in [-0.4, -0.2) is 26.5 Å². The largest absolute Gasteiger partial charge is 0.496 e. The van der Waals surface area contributed by atoms with Gasteiger partial charge in [-0.15, -0.1) is 0 Å². The van der Waals surface area contributed by atoms with E-state index < -0.39 is 10.0 Å². The molecule has 31 heavy (non-hydrogen) atoms. The average molecular weight is 571 g/mol. The van der Waals surface area contributed by atoms with Gasteiger partial charge in [0.2, 0.25) is 10.0 Å². The van der Waals surface area contributed by atoms with Crippen LogP contribution in [0.3, 0.4) is 0 Å². The maximum absolute atomic E-state index is 12.4. The van der Waals surface area contributed by atoms with Gasteiger partial charge in [0.1, 0.15) is 11.5 Å². The molecule has 162 valence electrons. The molecule has 0 aliphatic heterocycles. The van der Waals surface area contributed by atoms with E-state index in [1.165, 1.54) is 18.4 Å². The minimum Gasteiger partial charge on any atom is -0.496 e. The van der Waals surface area contributed by atoms with E-state index in [2.05, 4.69) is 37.9 Å². The number of benzene rings is 2. The van der Waals surface area contributed by atoms with Crippen molar-refractivity contribution in [1.29, 1.82) is 0 Å². The lowest BCUT2D eigenvalue weighted by Gasteiger charge is -2.11. The van der Waals surface area contributed by atoms with E-state index in [1.54, 1.807) is 49.6 Å². The van der Waals surface area contributed by atoms with E-state index in [1.807, 2.05) is 0 Å². The van der Waals surface area contributed by atoms with Gasteiger partial charge in [0, 0.05) is 11.3 Å². The van der Waals surface area contributed by atoms with Gasteiger partial charge in [0.25, 0.3) is 5.91 Å². The van der Waals surface area contributed by atoms with Gasteiger partial charge in [-0.3, -0.25) is 10.1 Å². The summed E-state index contributed by atoms with van der Waals surface area (Å²) >= 11 is 7.25. The summed E-state index contributed by atoms with van der Waals surface area (Å²) in [6.45, 7) is 0.0513. The molecule has 1 heterocycles. The Morgan fingerprint density at radius 1 is 1.16 bits per heavy atom. The van der Waals surface area contributed by atoms with E-state index in [9.17, 15) is 13.2 Å². The number of sulfonamides is 1. The van der Waals surface area contributed by atoms with Crippen LogP contribution >= 0.6 is 34.8 Å². The molecule has 0 atom stereocenters. The van der Waals surface area contributed by atoms with Crippen LogP contribution in [0.1, 0.15) is 16.1 Å². The molecule has 2 aromatic carbocycles. The Labute approximate surface area is 198 Å². The van der Waals surface area contributed by atoms with Crippen molar-refractivity contribution in [2.75, 3.05) is 12.4 Å². The van der Waals surface area contributed by atoms with Crippen molar-refractivity contribution in [3.8, 4) is 5.75 Å². The molecule has 11 heteroatoms. The van der Waals surface area contributed by atoms with Crippen LogP contribution in [0.2, 0.25) is 0 Å². The smallest absolute Gasteiger partial charge is 0.257 e. The van der Waals surface area contributed by atoms with Crippen LogP contribution in [0.25, 0.3) is 0 Å². The van der Waals surface area contributed by atoms with Crippen LogP contribution in [0.15, 0.2) is 70.2 Å². The van der Waals surface area contributed by atoms with Gasteiger partial charge in [-0.05, 0) is 89.4 Å². The molecule has 0 spiro atoms. The van der Waals surface area contributed by atoms with Crippen LogP contribution in [0, 0.1) is 3.57 Å². The number of halogens is 1. The monoisotopic (exact) mass is 571 g/mol. The summed E-state index contributed by atoms with van der Waals surface area (Å²) in [6.07, 6.45) is 1.47. The molecule has 3 aromatic rings. The predicted octanol–water partition coefficient (Wildman–Crippen LogP) is 3.50. The lowest BCUT2D eigenvalue weighted by molar-refractivity contribution is 0.0977. The summed E-state index contributed by atoms with van der Waals surface area (Å²) in [4.78, 5) is 12.5. The highest BCUT2D eigenvalue weighted by Gasteiger charge is 2.15. The van der Waals surface area contributed by atoms with Crippen molar-refractivity contribution in [2.45, 2.75) is 11.4 Å². The second kappa shape index (κ2) is 10.2. The minimum atomic E-state index is -3.70. The highest BCUT2D eigenvalue weighted by atomic mass is 127. The highest BCUT2D eigenvalue weighted by molar-refractivity contribution is 14.1. The molecule has 0 saturated carbocycles. The molecule has 1 amide bonds. The Morgan fingerprint density at radius 3 is 2.52 bits per heavy atom. The standard InChI is InChI=1S/C20H18IN3O5S2/c1-28-18-9-4-13(11-17(18)21)19(25)24-20(30)23-14-5-7-16(8-6-14)31(26,27)22-12-15-3-2-10-29-15/h2-11,22H,12H2,1H3,(H2,23,24,25,30). The fourth-order valence-corrected chi connectivity index (χ4v) is 4.46. The minimum absolute atomic E-state index is 0.0513. The molecular formula is C20H18IN3O5S2. The molecule has 0 radical (unpaired) electrons. The Bertz CT molecular complexity index is 1180. The van der Waals surface area contributed by atoms with Gasteiger partial charge in [-0.2, -0.15) is 0 Å². The molecule has 0 fully saturated rings. The number of carbonyl (C=O) groups is 1. The fraction of sp³-hybridized carbons (Fsp3) is 0.100. The number of methoxy groups -OCH3 is 1. The lowest BCUT2D eigenvalue weighted by Crippen LogP contribution is -2.34. The first-order valence-electron chi connectivity index (χ1n) is 8.86. The van der Waals surface area contributed by atoms with Gasteiger partial charge in [0.15, 0.2) is 5.11 Å². The molecule has 0 saturated heterocycles. The number of hydrogen-bond donors (Lipinski definition) is 3. The number of rotatable bonds is 7. The topological polar surface area (TPSA) is 110 Å². The first-order chi connectivity index (χ1) is 14.8. The second-order valence-electron chi connectivity index (χ2n) is 6.19. The number of furan rings is 1. The van der Waals surface area contributed by atoms with E-state index in [-0.39, 0.29) is 22.5 Å². The number of thiocarbonyl (C=S) groups is 1. The summed E-state index contributed by atoms with van der Waals surface area (Å²) in [6, 6.07) is 14.4. The first-order valence-corrected chi connectivity index (χ1v) is 11.8. The Kier molecular flexibility index (Phi) is 7.64. The SMILES string of the molecule is COc1ccc(C(=O)NC(=S)Nc2ccc(S(=O)(=O)NCc3ccco3)cc2)cc1I. The third-order valence-corrected chi connectivity index (χ3v) is 6.54. The zero-order valence-electron chi connectivity index (χ0n) is 16.2. The maximum Gasteiger partial charge on any atom is 0.257 e. The highest BCUT2D eigenvalue weighted by Crippen LogP contribution is 2.21. The first kappa shape index (κ1) is 23.2. The molecular weight excluding hydrogens is 553 g/mol. The number of amides is 1. The molecule has 1 aromatic heterocycles. The molecule has 3 rings (SSSR count). The Morgan fingerprint density at radius 2 is 1.90 bits per heavy atom. The maximum atomic E-state index is 12.4. The van der Waals surface area contributed by atoms with Crippen molar-refractivity contribution in [3.05, 3.63) is 75.8 Å². The van der Waals surface area contributed by atoms with Crippen LogP contribution in [0.5, 0.6) is 5.75 Å². The zero-order valence-corrected chi connectivity index (χ0v) is 20.0. The second-order valence-corrected chi connectivity index (χ2v) is 9.52. The average Bonchev–Trinajstić information content (AvgIpc) is 3.26. The number of anilines is 1. The van der Waals surface area contributed by atoms with Crippen LogP contribution in [-0.2, 0) is 16.6 Å². The van der Waals surface area contributed by atoms with Crippen molar-refractivity contribution in [3.63, 3.8) is 0 Å². The van der Waals surface area contributed by atoms with Crippen LogP contribution < -0.4 is 20.1 Å².